The lowest BCUT2D eigenvalue weighted by atomic mass is 9.44. The normalized spacial score (nSPS) is 44.4. The van der Waals surface area contributed by atoms with E-state index in [9.17, 15) is 4.79 Å². The van der Waals surface area contributed by atoms with Gasteiger partial charge in [-0.1, -0.05) is 20.3 Å². The van der Waals surface area contributed by atoms with Gasteiger partial charge in [0.2, 0.25) is 0 Å². The van der Waals surface area contributed by atoms with Gasteiger partial charge in [-0.05, 0) is 109 Å². The maximum atomic E-state index is 13.4. The van der Waals surface area contributed by atoms with Crippen molar-refractivity contribution in [3.05, 3.63) is 5.82 Å². The average Bonchev–Trinajstić information content (AvgIpc) is 3.31. The Labute approximate surface area is 186 Å². The molecule has 0 amide bonds. The summed E-state index contributed by atoms with van der Waals surface area (Å²) < 4.78 is 7.59. The van der Waals surface area contributed by atoms with Crippen LogP contribution in [0.4, 0.5) is 0 Å². The Hall–Kier alpha value is -1.30. The molecule has 6 heteroatoms. The first-order valence-corrected chi connectivity index (χ1v) is 12.6. The van der Waals surface area contributed by atoms with E-state index >= 15 is 0 Å². The zero-order chi connectivity index (χ0) is 21.8. The maximum absolute atomic E-state index is 13.4. The average molecular weight is 429 g/mol. The Balaban J connectivity index is 1.38. The van der Waals surface area contributed by atoms with E-state index in [1.165, 1.54) is 51.4 Å². The molecule has 4 saturated carbocycles. The molecule has 1 aromatic heterocycles. The number of ether oxygens (including phenoxy) is 1. The summed E-state index contributed by atoms with van der Waals surface area (Å²) in [7, 11) is 1.91. The van der Waals surface area contributed by atoms with E-state index in [-0.39, 0.29) is 11.3 Å². The molecule has 31 heavy (non-hydrogen) atoms. The molecule has 0 saturated heterocycles. The standard InChI is InChI=1S/C25H40N4O2/c1-16-9-12-25(15-31-4)18(13-16)5-6-19-20-7-8-22(24(20,3)11-10-21(19)25)23(30)14-29-17(2)26-27-28-29/h16,18-22H,5-15H2,1-4H3/t16-,18+,19-,20?,21?,22+,24-,25+/m0/s1. The number of carbonyl (C=O) groups excluding carboxylic acids is 1. The van der Waals surface area contributed by atoms with Crippen molar-refractivity contribution >= 4 is 5.78 Å². The number of hydrogen-bond donors (Lipinski definition) is 0. The van der Waals surface area contributed by atoms with Gasteiger partial charge in [0.25, 0.3) is 0 Å². The van der Waals surface area contributed by atoms with Crippen LogP contribution >= 0.6 is 0 Å². The molecule has 8 atom stereocenters. The smallest absolute Gasteiger partial charge is 0.158 e. The number of carbonyl (C=O) groups is 1. The summed E-state index contributed by atoms with van der Waals surface area (Å²) >= 11 is 0. The fraction of sp³-hybridized carbons (Fsp3) is 0.920. The van der Waals surface area contributed by atoms with Gasteiger partial charge in [-0.3, -0.25) is 4.79 Å². The van der Waals surface area contributed by atoms with Gasteiger partial charge in [0.1, 0.15) is 12.4 Å². The molecule has 4 aliphatic rings. The van der Waals surface area contributed by atoms with Gasteiger partial charge in [-0.2, -0.15) is 0 Å². The maximum Gasteiger partial charge on any atom is 0.158 e. The van der Waals surface area contributed by atoms with Crippen LogP contribution in [0, 0.1) is 53.3 Å². The monoisotopic (exact) mass is 428 g/mol. The van der Waals surface area contributed by atoms with Gasteiger partial charge >= 0.3 is 0 Å². The topological polar surface area (TPSA) is 69.9 Å². The number of rotatable bonds is 5. The molecule has 1 aromatic rings. The molecule has 2 unspecified atom stereocenters. The number of ketones is 1. The van der Waals surface area contributed by atoms with E-state index < -0.39 is 0 Å². The highest BCUT2D eigenvalue weighted by molar-refractivity contribution is 5.82. The van der Waals surface area contributed by atoms with Crippen LogP contribution < -0.4 is 0 Å². The van der Waals surface area contributed by atoms with E-state index in [1.54, 1.807) is 4.68 Å². The minimum atomic E-state index is 0.142. The third-order valence-corrected chi connectivity index (χ3v) is 10.4. The van der Waals surface area contributed by atoms with E-state index in [1.807, 2.05) is 14.0 Å². The first kappa shape index (κ1) is 21.5. The van der Waals surface area contributed by atoms with Gasteiger partial charge in [-0.15, -0.1) is 5.10 Å². The van der Waals surface area contributed by atoms with Crippen molar-refractivity contribution < 1.29 is 9.53 Å². The number of methoxy groups -OCH3 is 1. The highest BCUT2D eigenvalue weighted by atomic mass is 16.5. The van der Waals surface area contributed by atoms with Crippen molar-refractivity contribution in [2.24, 2.45) is 46.3 Å². The molecule has 0 spiro atoms. The lowest BCUT2D eigenvalue weighted by Crippen LogP contribution is -2.56. The molecule has 0 bridgehead atoms. The highest BCUT2D eigenvalue weighted by Gasteiger charge is 2.62. The minimum absolute atomic E-state index is 0.142. The van der Waals surface area contributed by atoms with Crippen molar-refractivity contribution in [3.63, 3.8) is 0 Å². The van der Waals surface area contributed by atoms with E-state index in [4.69, 9.17) is 4.74 Å². The van der Waals surface area contributed by atoms with Crippen molar-refractivity contribution in [2.45, 2.75) is 85.1 Å². The quantitative estimate of drug-likeness (QED) is 0.692. The molecule has 4 aliphatic carbocycles. The first-order valence-electron chi connectivity index (χ1n) is 12.6. The number of fused-ring (bicyclic) bond motifs is 5. The third-order valence-electron chi connectivity index (χ3n) is 10.4. The van der Waals surface area contributed by atoms with Crippen molar-refractivity contribution in [1.82, 2.24) is 20.2 Å². The number of nitrogens with zero attached hydrogens (tertiary/aromatic N) is 4. The Morgan fingerprint density at radius 2 is 1.97 bits per heavy atom. The number of aromatic nitrogens is 4. The van der Waals surface area contributed by atoms with Crippen LogP contribution in [0.5, 0.6) is 0 Å². The summed E-state index contributed by atoms with van der Waals surface area (Å²) in [5.41, 5.74) is 0.528. The van der Waals surface area contributed by atoms with E-state index in [0.29, 0.717) is 23.7 Å². The van der Waals surface area contributed by atoms with E-state index in [2.05, 4.69) is 29.4 Å². The van der Waals surface area contributed by atoms with Gasteiger partial charge in [0.05, 0.1) is 6.61 Å². The van der Waals surface area contributed by atoms with Crippen LogP contribution in [0.15, 0.2) is 0 Å². The molecular formula is C25H40N4O2. The van der Waals surface area contributed by atoms with Crippen molar-refractivity contribution in [1.29, 1.82) is 0 Å². The Bertz CT molecular complexity index is 824. The second kappa shape index (κ2) is 7.93. The van der Waals surface area contributed by atoms with Gasteiger partial charge in [-0.25, -0.2) is 4.68 Å². The molecule has 4 fully saturated rings. The number of aryl methyl sites for hydroxylation is 1. The SMILES string of the molecule is COC[C@]12CC[C@H](C)C[C@H]1CC[C@@H]1C2CC[C@@]2(C)C1CC[C@@H]2C(=O)Cn1nnnc1C. The van der Waals surface area contributed by atoms with Gasteiger partial charge in [0.15, 0.2) is 5.78 Å². The zero-order valence-electron chi connectivity index (χ0n) is 19.8. The summed E-state index contributed by atoms with van der Waals surface area (Å²) in [5, 5.41) is 11.7. The lowest BCUT2D eigenvalue weighted by Gasteiger charge is -2.61. The lowest BCUT2D eigenvalue weighted by molar-refractivity contribution is -0.154. The molecule has 6 nitrogen and oxygen atoms in total. The van der Waals surface area contributed by atoms with Gasteiger partial charge < -0.3 is 4.74 Å². The fourth-order valence-electron chi connectivity index (χ4n) is 9.00. The van der Waals surface area contributed by atoms with Crippen LogP contribution in [-0.2, 0) is 16.1 Å². The summed E-state index contributed by atoms with van der Waals surface area (Å²) in [6.07, 6.45) is 11.5. The number of tetrazole rings is 1. The minimum Gasteiger partial charge on any atom is -0.384 e. The predicted octanol–water partition coefficient (Wildman–Crippen LogP) is 4.47. The summed E-state index contributed by atoms with van der Waals surface area (Å²) in [4.78, 5) is 13.4. The van der Waals surface area contributed by atoms with Crippen LogP contribution in [0.3, 0.4) is 0 Å². The predicted molar refractivity (Wildman–Crippen MR) is 118 cm³/mol. The second-order valence-corrected chi connectivity index (χ2v) is 11.7. The second-order valence-electron chi connectivity index (χ2n) is 11.7. The Morgan fingerprint density at radius 1 is 1.13 bits per heavy atom. The third kappa shape index (κ3) is 3.30. The molecular weight excluding hydrogens is 388 g/mol. The highest BCUT2D eigenvalue weighted by Crippen LogP contribution is 2.68. The molecule has 0 radical (unpaired) electrons. The largest absolute Gasteiger partial charge is 0.384 e. The fourth-order valence-corrected chi connectivity index (χ4v) is 9.00. The Morgan fingerprint density at radius 3 is 2.71 bits per heavy atom. The summed E-state index contributed by atoms with van der Waals surface area (Å²) in [6, 6.07) is 0. The summed E-state index contributed by atoms with van der Waals surface area (Å²) in [5.74, 6) is 5.16. The first-order chi connectivity index (χ1) is 14.9. The zero-order valence-corrected chi connectivity index (χ0v) is 19.8. The summed E-state index contributed by atoms with van der Waals surface area (Å²) in [6.45, 7) is 8.02. The molecule has 0 aliphatic heterocycles. The number of Topliss-reactive ketones (excluding diaryl/α,β-unsaturated/α-hetero) is 1. The van der Waals surface area contributed by atoms with E-state index in [0.717, 1.165) is 42.5 Å². The molecule has 0 N–H and O–H groups in total. The van der Waals surface area contributed by atoms with Gasteiger partial charge in [0, 0.05) is 13.0 Å². The van der Waals surface area contributed by atoms with Crippen LogP contribution in [0.1, 0.15) is 77.5 Å². The molecule has 5 rings (SSSR count). The molecule has 0 aromatic carbocycles. The number of hydrogen-bond acceptors (Lipinski definition) is 5. The Kier molecular flexibility index (Phi) is 5.51. The molecule has 1 heterocycles. The molecule has 172 valence electrons. The van der Waals surface area contributed by atoms with Crippen molar-refractivity contribution in [2.75, 3.05) is 13.7 Å². The van der Waals surface area contributed by atoms with Crippen LogP contribution in [0.25, 0.3) is 0 Å². The van der Waals surface area contributed by atoms with Crippen LogP contribution in [-0.4, -0.2) is 39.7 Å². The van der Waals surface area contributed by atoms with Crippen molar-refractivity contribution in [3.8, 4) is 0 Å². The van der Waals surface area contributed by atoms with Crippen LogP contribution in [0.2, 0.25) is 0 Å².